The van der Waals surface area contributed by atoms with Crippen LogP contribution in [0, 0.1) is 0 Å². The van der Waals surface area contributed by atoms with Gasteiger partial charge in [0.2, 0.25) is 0 Å². The van der Waals surface area contributed by atoms with E-state index in [0.29, 0.717) is 0 Å². The molecule has 0 aromatic carbocycles. The molecule has 0 unspecified atom stereocenters. The van der Waals surface area contributed by atoms with Gasteiger partial charge in [-0.25, -0.2) is 0 Å². The second-order valence-electron chi connectivity index (χ2n) is 6.63. The normalized spacial score (nSPS) is 12.0. The van der Waals surface area contributed by atoms with Crippen LogP contribution in [-0.2, 0) is 3.07 Å². The molecule has 0 saturated heterocycles. The van der Waals surface area contributed by atoms with E-state index in [1.807, 2.05) is 0 Å². The van der Waals surface area contributed by atoms with Crippen LogP contribution in [0.15, 0.2) is 0 Å². The zero-order valence-corrected chi connectivity index (χ0v) is 17.7. The van der Waals surface area contributed by atoms with Gasteiger partial charge >= 0.3 is 134 Å². The van der Waals surface area contributed by atoms with E-state index >= 15 is 0 Å². The van der Waals surface area contributed by atoms with Crippen LogP contribution in [0.4, 0.5) is 0 Å². The Morgan fingerprint density at radius 2 is 1.05 bits per heavy atom. The van der Waals surface area contributed by atoms with Crippen molar-refractivity contribution >= 4 is 18.8 Å². The van der Waals surface area contributed by atoms with E-state index in [0.717, 1.165) is 6.61 Å². The number of hydrogen-bond donors (Lipinski definition) is 0. The van der Waals surface area contributed by atoms with Crippen LogP contribution in [0.5, 0.6) is 0 Å². The molecule has 0 atom stereocenters. The summed E-state index contributed by atoms with van der Waals surface area (Å²) in [6.45, 7) is 7.97. The third-order valence-electron chi connectivity index (χ3n) is 4.32. The first-order valence-corrected chi connectivity index (χ1v) is 17.4. The average Bonchev–Trinajstić information content (AvgIpc) is 2.46. The zero-order valence-electron chi connectivity index (χ0n) is 14.8. The minimum absolute atomic E-state index is 1.06. The van der Waals surface area contributed by atoms with Crippen molar-refractivity contribution in [3.05, 3.63) is 0 Å². The molecule has 0 aromatic heterocycles. The molecule has 0 fully saturated rings. The molecule has 0 heterocycles. The van der Waals surface area contributed by atoms with Gasteiger partial charge in [0, 0.05) is 0 Å². The number of rotatable bonds is 15. The van der Waals surface area contributed by atoms with E-state index in [-0.39, 0.29) is 0 Å². The van der Waals surface area contributed by atoms with Gasteiger partial charge in [0.15, 0.2) is 0 Å². The third kappa shape index (κ3) is 12.5. The van der Waals surface area contributed by atoms with Gasteiger partial charge in [0.1, 0.15) is 0 Å². The van der Waals surface area contributed by atoms with Crippen molar-refractivity contribution in [2.24, 2.45) is 0 Å². The molecule has 0 aliphatic heterocycles. The Morgan fingerprint density at radius 1 is 0.600 bits per heavy atom. The van der Waals surface area contributed by atoms with Crippen molar-refractivity contribution in [3.63, 3.8) is 0 Å². The van der Waals surface area contributed by atoms with E-state index in [4.69, 9.17) is 3.07 Å². The van der Waals surface area contributed by atoms with Crippen LogP contribution in [0.25, 0.3) is 0 Å². The molecule has 0 N–H and O–H groups in total. The molecule has 0 rings (SSSR count). The maximum atomic E-state index is 6.47. The van der Waals surface area contributed by atoms with Crippen molar-refractivity contribution in [3.8, 4) is 0 Å². The molecule has 0 aliphatic carbocycles. The Bertz CT molecular complexity index is 186. The summed E-state index contributed by atoms with van der Waals surface area (Å²) in [5.41, 5.74) is 0. The molecule has 0 aromatic rings. The van der Waals surface area contributed by atoms with Crippen LogP contribution in [0.3, 0.4) is 0 Å². The summed E-state index contributed by atoms with van der Waals surface area (Å²) in [5.74, 6) is 0. The van der Waals surface area contributed by atoms with Crippen LogP contribution in [-0.4, -0.2) is 25.4 Å². The van der Waals surface area contributed by atoms with Crippen molar-refractivity contribution in [2.75, 3.05) is 6.61 Å². The molecule has 0 spiro atoms. The molecule has 0 aliphatic rings. The maximum absolute atomic E-state index is 6.47. The van der Waals surface area contributed by atoms with E-state index in [9.17, 15) is 0 Å². The summed E-state index contributed by atoms with van der Waals surface area (Å²) in [6.07, 6.45) is 15.2. The van der Waals surface area contributed by atoms with Crippen LogP contribution in [0.1, 0.15) is 91.4 Å². The molecule has 20 heavy (non-hydrogen) atoms. The second-order valence-corrected chi connectivity index (χ2v) is 18.6. The van der Waals surface area contributed by atoms with Crippen LogP contribution < -0.4 is 0 Å². The quantitative estimate of drug-likeness (QED) is 0.217. The molecular formula is C18H40OSn. The first kappa shape index (κ1) is 20.8. The molecule has 1 nitrogen and oxygen atoms in total. The van der Waals surface area contributed by atoms with Crippen LogP contribution in [0.2, 0.25) is 13.8 Å². The second kappa shape index (κ2) is 14.7. The summed E-state index contributed by atoms with van der Waals surface area (Å²) < 4.78 is 9.36. The van der Waals surface area contributed by atoms with Crippen molar-refractivity contribution < 1.29 is 3.07 Å². The van der Waals surface area contributed by atoms with Gasteiger partial charge in [-0.2, -0.15) is 0 Å². The fourth-order valence-electron chi connectivity index (χ4n) is 2.75. The fraction of sp³-hybridized carbons (Fsp3) is 1.00. The SMILES string of the molecule is CCCCCCCCC[O][Sn]([CH3])([CH2]CCC)[CH2]CCC. The topological polar surface area (TPSA) is 9.23 Å². The summed E-state index contributed by atoms with van der Waals surface area (Å²) >= 11 is -2.15. The molecule has 0 radical (unpaired) electrons. The fourth-order valence-corrected chi connectivity index (χ4v) is 12.4. The van der Waals surface area contributed by atoms with E-state index in [1.165, 1.54) is 79.5 Å². The van der Waals surface area contributed by atoms with E-state index in [1.54, 1.807) is 0 Å². The van der Waals surface area contributed by atoms with Gasteiger partial charge in [-0.1, -0.05) is 0 Å². The Morgan fingerprint density at radius 3 is 1.55 bits per heavy atom. The zero-order chi connectivity index (χ0) is 15.1. The summed E-state index contributed by atoms with van der Waals surface area (Å²) in [7, 11) is 0. The minimum atomic E-state index is -2.15. The monoisotopic (exact) mass is 392 g/mol. The molecule has 0 bridgehead atoms. The average molecular weight is 391 g/mol. The van der Waals surface area contributed by atoms with Crippen molar-refractivity contribution in [1.29, 1.82) is 0 Å². The molecular weight excluding hydrogens is 351 g/mol. The predicted molar refractivity (Wildman–Crippen MR) is 95.0 cm³/mol. The Kier molecular flexibility index (Phi) is 15.2. The molecule has 2 heteroatoms. The Hall–Kier alpha value is 0.759. The van der Waals surface area contributed by atoms with E-state index < -0.39 is 18.8 Å². The first-order chi connectivity index (χ1) is 9.68. The molecule has 0 saturated carbocycles. The molecule has 122 valence electrons. The van der Waals surface area contributed by atoms with Gasteiger partial charge in [-0.3, -0.25) is 0 Å². The predicted octanol–water partition coefficient (Wildman–Crippen LogP) is 6.93. The number of unbranched alkanes of at least 4 members (excludes halogenated alkanes) is 8. The third-order valence-corrected chi connectivity index (χ3v) is 14.9. The van der Waals surface area contributed by atoms with Crippen molar-refractivity contribution in [1.82, 2.24) is 0 Å². The van der Waals surface area contributed by atoms with E-state index in [2.05, 4.69) is 25.7 Å². The first-order valence-electron chi connectivity index (χ1n) is 9.32. The Labute approximate surface area is 133 Å². The molecule has 0 amide bonds. The summed E-state index contributed by atoms with van der Waals surface area (Å²) in [4.78, 5) is 2.54. The van der Waals surface area contributed by atoms with Crippen LogP contribution >= 0.6 is 0 Å². The van der Waals surface area contributed by atoms with Gasteiger partial charge < -0.3 is 0 Å². The number of hydrogen-bond acceptors (Lipinski definition) is 1. The van der Waals surface area contributed by atoms with Gasteiger partial charge in [0.05, 0.1) is 0 Å². The van der Waals surface area contributed by atoms with Gasteiger partial charge in [-0.15, -0.1) is 0 Å². The Balaban J connectivity index is 3.67. The van der Waals surface area contributed by atoms with Gasteiger partial charge in [0.25, 0.3) is 0 Å². The van der Waals surface area contributed by atoms with Crippen molar-refractivity contribution in [2.45, 2.75) is 105 Å². The van der Waals surface area contributed by atoms with Gasteiger partial charge in [-0.05, 0) is 0 Å². The summed E-state index contributed by atoms with van der Waals surface area (Å²) in [6, 6.07) is 0. The summed E-state index contributed by atoms with van der Waals surface area (Å²) in [5, 5.41) is 0. The standard InChI is InChI=1S/C9H19O.2C4H9.CH3.Sn/c1-2-3-4-5-6-7-8-9-10;2*1-3-4-2;;/h2-9H2,1H3;2*1,3-4H2,2H3;1H3;/q-1;;;;+1.